The first-order valence-electron chi connectivity index (χ1n) is 5.35. The van der Waals surface area contributed by atoms with Gasteiger partial charge in [-0.3, -0.25) is 0 Å². The number of rotatable bonds is 3. The molecule has 0 spiro atoms. The first-order valence-corrected chi connectivity index (χ1v) is 5.35. The smallest absolute Gasteiger partial charge is 0.346 e. The van der Waals surface area contributed by atoms with E-state index in [0.29, 0.717) is 11.1 Å². The molecule has 1 N–H and O–H groups in total. The van der Waals surface area contributed by atoms with E-state index in [9.17, 15) is 9.90 Å². The number of benzene rings is 1. The van der Waals surface area contributed by atoms with Gasteiger partial charge in [0.1, 0.15) is 5.57 Å². The molecule has 0 saturated carbocycles. The van der Waals surface area contributed by atoms with Crippen molar-refractivity contribution in [2.24, 2.45) is 0 Å². The number of carbonyl (C=O) groups is 1. The number of esters is 1. The minimum atomic E-state index is -0.640. The Bertz CT molecular complexity index is 452. The zero-order valence-corrected chi connectivity index (χ0v) is 10.2. The molecular weight excluding hydrogens is 216 g/mol. The topological polar surface area (TPSA) is 46.5 Å². The SMILES string of the molecule is COC(=O)C(=C=C(C)C(C)O)c1ccccc1. The molecule has 0 aromatic heterocycles. The molecule has 0 fully saturated rings. The summed E-state index contributed by atoms with van der Waals surface area (Å²) in [6.07, 6.45) is -0.640. The van der Waals surface area contributed by atoms with Crippen molar-refractivity contribution < 1.29 is 14.6 Å². The predicted molar refractivity (Wildman–Crippen MR) is 66.2 cm³/mol. The summed E-state index contributed by atoms with van der Waals surface area (Å²) < 4.78 is 4.71. The van der Waals surface area contributed by atoms with Gasteiger partial charge in [-0.2, -0.15) is 0 Å². The van der Waals surface area contributed by atoms with Crippen LogP contribution in [0.25, 0.3) is 5.57 Å². The highest BCUT2D eigenvalue weighted by atomic mass is 16.5. The number of hydrogen-bond acceptors (Lipinski definition) is 3. The molecule has 1 unspecified atom stereocenters. The monoisotopic (exact) mass is 232 g/mol. The van der Waals surface area contributed by atoms with E-state index in [1.54, 1.807) is 26.0 Å². The van der Waals surface area contributed by atoms with Crippen molar-refractivity contribution in [1.82, 2.24) is 0 Å². The van der Waals surface area contributed by atoms with Gasteiger partial charge in [0.2, 0.25) is 0 Å². The largest absolute Gasteiger partial charge is 0.465 e. The highest BCUT2D eigenvalue weighted by Gasteiger charge is 2.12. The molecule has 3 nitrogen and oxygen atoms in total. The lowest BCUT2D eigenvalue weighted by Gasteiger charge is -2.05. The minimum absolute atomic E-state index is 0.325. The van der Waals surface area contributed by atoms with Crippen LogP contribution in [0.3, 0.4) is 0 Å². The second-order valence-electron chi connectivity index (χ2n) is 3.72. The van der Waals surface area contributed by atoms with Crippen LogP contribution >= 0.6 is 0 Å². The van der Waals surface area contributed by atoms with E-state index >= 15 is 0 Å². The molecule has 17 heavy (non-hydrogen) atoms. The first kappa shape index (κ1) is 13.2. The number of aliphatic hydroxyl groups is 1. The molecule has 90 valence electrons. The van der Waals surface area contributed by atoms with Crippen molar-refractivity contribution in [3.05, 3.63) is 47.2 Å². The number of methoxy groups -OCH3 is 1. The second-order valence-corrected chi connectivity index (χ2v) is 3.72. The van der Waals surface area contributed by atoms with Crippen LogP contribution in [0.1, 0.15) is 19.4 Å². The highest BCUT2D eigenvalue weighted by molar-refractivity contribution is 6.16. The van der Waals surface area contributed by atoms with Crippen molar-refractivity contribution in [3.63, 3.8) is 0 Å². The van der Waals surface area contributed by atoms with Gasteiger partial charge in [-0.05, 0) is 25.0 Å². The van der Waals surface area contributed by atoms with Crippen LogP contribution in [0.4, 0.5) is 0 Å². The third-order valence-corrected chi connectivity index (χ3v) is 2.40. The van der Waals surface area contributed by atoms with Crippen LogP contribution in [0, 0.1) is 0 Å². The van der Waals surface area contributed by atoms with Crippen molar-refractivity contribution in [1.29, 1.82) is 0 Å². The molecule has 3 heteroatoms. The molecular formula is C14H16O3. The quantitative estimate of drug-likeness (QED) is 0.493. The van der Waals surface area contributed by atoms with Crippen LogP contribution < -0.4 is 0 Å². The number of carbonyl (C=O) groups excluding carboxylic acids is 1. The summed E-state index contributed by atoms with van der Waals surface area (Å²) in [5.41, 5.74) is 4.53. The Kier molecular flexibility index (Phi) is 4.70. The van der Waals surface area contributed by atoms with Gasteiger partial charge < -0.3 is 9.84 Å². The molecule has 0 heterocycles. The van der Waals surface area contributed by atoms with E-state index in [0.717, 1.165) is 5.56 Å². The molecule has 0 aliphatic carbocycles. The second kappa shape index (κ2) is 6.04. The maximum absolute atomic E-state index is 11.7. The molecule has 0 amide bonds. The zero-order valence-electron chi connectivity index (χ0n) is 10.2. The Morgan fingerprint density at radius 3 is 2.41 bits per heavy atom. The average Bonchev–Trinajstić information content (AvgIpc) is 2.35. The lowest BCUT2D eigenvalue weighted by molar-refractivity contribution is -0.133. The van der Waals surface area contributed by atoms with Gasteiger partial charge in [-0.25, -0.2) is 4.79 Å². The van der Waals surface area contributed by atoms with E-state index in [1.165, 1.54) is 7.11 Å². The number of hydrogen-bond donors (Lipinski definition) is 1. The summed E-state index contributed by atoms with van der Waals surface area (Å²) in [7, 11) is 1.32. The summed E-state index contributed by atoms with van der Waals surface area (Å²) in [6.45, 7) is 3.35. The third kappa shape index (κ3) is 3.59. The van der Waals surface area contributed by atoms with E-state index in [1.807, 2.05) is 18.2 Å². The summed E-state index contributed by atoms with van der Waals surface area (Å²) in [5, 5.41) is 9.41. The summed E-state index contributed by atoms with van der Waals surface area (Å²) in [4.78, 5) is 11.7. The van der Waals surface area contributed by atoms with Gasteiger partial charge in [-0.15, -0.1) is 5.73 Å². The van der Waals surface area contributed by atoms with E-state index in [2.05, 4.69) is 5.73 Å². The number of ether oxygens (including phenoxy) is 1. The van der Waals surface area contributed by atoms with Crippen molar-refractivity contribution >= 4 is 11.5 Å². The van der Waals surface area contributed by atoms with Crippen molar-refractivity contribution in [3.8, 4) is 0 Å². The fourth-order valence-electron chi connectivity index (χ4n) is 1.25. The zero-order chi connectivity index (χ0) is 12.8. The Morgan fingerprint density at radius 1 is 1.35 bits per heavy atom. The molecule has 0 aliphatic heterocycles. The Hall–Kier alpha value is -1.83. The van der Waals surface area contributed by atoms with Crippen LogP contribution in [0.15, 0.2) is 41.6 Å². The van der Waals surface area contributed by atoms with Gasteiger partial charge in [-0.1, -0.05) is 30.3 Å². The Balaban J connectivity index is 3.33. The minimum Gasteiger partial charge on any atom is -0.465 e. The molecule has 0 radical (unpaired) electrons. The van der Waals surface area contributed by atoms with Gasteiger partial charge in [0.05, 0.1) is 13.2 Å². The third-order valence-electron chi connectivity index (χ3n) is 2.40. The van der Waals surface area contributed by atoms with Gasteiger partial charge in [0.15, 0.2) is 0 Å². The summed E-state index contributed by atoms with van der Waals surface area (Å²) in [5.74, 6) is -0.462. The average molecular weight is 232 g/mol. The van der Waals surface area contributed by atoms with Crippen LogP contribution in [0.5, 0.6) is 0 Å². The van der Waals surface area contributed by atoms with Gasteiger partial charge in [0.25, 0.3) is 0 Å². The molecule has 0 aliphatic rings. The Morgan fingerprint density at radius 2 is 1.94 bits per heavy atom. The first-order chi connectivity index (χ1) is 8.06. The molecule has 0 saturated heterocycles. The maximum Gasteiger partial charge on any atom is 0.346 e. The van der Waals surface area contributed by atoms with Gasteiger partial charge in [0, 0.05) is 0 Å². The van der Waals surface area contributed by atoms with Gasteiger partial charge >= 0.3 is 5.97 Å². The summed E-state index contributed by atoms with van der Waals surface area (Å²) in [6, 6.07) is 9.13. The van der Waals surface area contributed by atoms with Crippen molar-refractivity contribution in [2.75, 3.05) is 7.11 Å². The normalized spacial score (nSPS) is 11.3. The lowest BCUT2D eigenvalue weighted by Crippen LogP contribution is -2.05. The van der Waals surface area contributed by atoms with Crippen LogP contribution in [-0.2, 0) is 9.53 Å². The van der Waals surface area contributed by atoms with Crippen LogP contribution in [0.2, 0.25) is 0 Å². The fourth-order valence-corrected chi connectivity index (χ4v) is 1.25. The van der Waals surface area contributed by atoms with Crippen molar-refractivity contribution in [2.45, 2.75) is 20.0 Å². The van der Waals surface area contributed by atoms with E-state index < -0.39 is 12.1 Å². The number of aliphatic hydroxyl groups excluding tert-OH is 1. The maximum atomic E-state index is 11.7. The lowest BCUT2D eigenvalue weighted by atomic mass is 10.0. The van der Waals surface area contributed by atoms with Crippen LogP contribution in [-0.4, -0.2) is 24.3 Å². The molecule has 1 rings (SSSR count). The Labute approximate surface area is 101 Å². The molecule has 1 aromatic rings. The predicted octanol–water partition coefficient (Wildman–Crippen LogP) is 2.17. The summed E-state index contributed by atoms with van der Waals surface area (Å²) >= 11 is 0. The molecule has 0 bridgehead atoms. The van der Waals surface area contributed by atoms with E-state index in [-0.39, 0.29) is 0 Å². The molecule has 1 atom stereocenters. The standard InChI is InChI=1S/C14H16O3/c1-10(11(2)15)9-13(14(16)17-3)12-7-5-4-6-8-12/h4-8,11,15H,1-3H3. The highest BCUT2D eigenvalue weighted by Crippen LogP contribution is 2.15. The molecule has 1 aromatic carbocycles. The fraction of sp³-hybridized carbons (Fsp3) is 0.286. The van der Waals surface area contributed by atoms with E-state index in [4.69, 9.17) is 4.74 Å².